The number of hydrogen-bond donors (Lipinski definition) is 1. The molecule has 2 atom stereocenters. The molecule has 0 bridgehead atoms. The number of anilines is 1. The van der Waals surface area contributed by atoms with E-state index in [-0.39, 0.29) is 24.0 Å². The van der Waals surface area contributed by atoms with E-state index in [1.165, 1.54) is 11.8 Å². The molecule has 1 N–H and O–H groups in total. The van der Waals surface area contributed by atoms with Crippen molar-refractivity contribution in [3.8, 4) is 0 Å². The van der Waals surface area contributed by atoms with Gasteiger partial charge < -0.3 is 10.1 Å². The maximum absolute atomic E-state index is 12.8. The van der Waals surface area contributed by atoms with E-state index in [1.807, 2.05) is 0 Å². The third-order valence-corrected chi connectivity index (χ3v) is 5.04. The Balaban J connectivity index is 1.56. The number of ether oxygens (including phenoxy) is 1. The highest BCUT2D eigenvalue weighted by atomic mass is 16.6. The summed E-state index contributed by atoms with van der Waals surface area (Å²) < 4.78 is 5.41. The Morgan fingerprint density at radius 2 is 1.79 bits per heavy atom. The number of carbonyl (C=O) groups is 4. The van der Waals surface area contributed by atoms with Crippen LogP contribution >= 0.6 is 0 Å². The second-order valence-corrected chi connectivity index (χ2v) is 6.82. The van der Waals surface area contributed by atoms with E-state index >= 15 is 0 Å². The van der Waals surface area contributed by atoms with Crippen molar-refractivity contribution < 1.29 is 23.9 Å². The molecule has 0 saturated carbocycles. The largest absolute Gasteiger partial charge is 0.433 e. The Kier molecular flexibility index (Phi) is 4.43. The molecule has 2 amide bonds. The van der Waals surface area contributed by atoms with Crippen LogP contribution in [0.1, 0.15) is 52.3 Å². The first-order valence-electron chi connectivity index (χ1n) is 8.98. The predicted molar refractivity (Wildman–Crippen MR) is 99.5 cm³/mol. The summed E-state index contributed by atoms with van der Waals surface area (Å²) >= 11 is 0. The van der Waals surface area contributed by atoms with Crippen molar-refractivity contribution >= 4 is 29.3 Å². The SMILES string of the molecule is CC(=O)c1ccc(NC(=O)[C@H]2CCC(=O)N2[C@H]2OC(=O)c3ccccc32)cc1. The van der Waals surface area contributed by atoms with Crippen molar-refractivity contribution in [2.75, 3.05) is 5.32 Å². The molecular formula is C21H18N2O5. The highest BCUT2D eigenvalue weighted by Crippen LogP contribution is 2.38. The average Bonchev–Trinajstić information content (AvgIpc) is 3.22. The first kappa shape index (κ1) is 17.9. The molecule has 0 spiro atoms. The fraction of sp³-hybridized carbons (Fsp3) is 0.238. The summed E-state index contributed by atoms with van der Waals surface area (Å²) in [5.41, 5.74) is 2.07. The van der Waals surface area contributed by atoms with Crippen LogP contribution in [0.4, 0.5) is 5.69 Å². The zero-order valence-corrected chi connectivity index (χ0v) is 15.2. The molecule has 2 aliphatic heterocycles. The molecule has 7 heteroatoms. The van der Waals surface area contributed by atoms with Gasteiger partial charge in [0.15, 0.2) is 5.78 Å². The number of nitrogens with zero attached hydrogens (tertiary/aromatic N) is 1. The quantitative estimate of drug-likeness (QED) is 0.652. The van der Waals surface area contributed by atoms with Gasteiger partial charge in [0.1, 0.15) is 6.04 Å². The van der Waals surface area contributed by atoms with Gasteiger partial charge in [-0.05, 0) is 43.7 Å². The van der Waals surface area contributed by atoms with E-state index in [0.29, 0.717) is 28.8 Å². The lowest BCUT2D eigenvalue weighted by Gasteiger charge is -2.29. The van der Waals surface area contributed by atoms with Crippen molar-refractivity contribution in [3.63, 3.8) is 0 Å². The molecule has 2 aromatic rings. The van der Waals surface area contributed by atoms with Crippen LogP contribution in [-0.4, -0.2) is 34.5 Å². The molecule has 0 aliphatic carbocycles. The monoisotopic (exact) mass is 378 g/mol. The second-order valence-electron chi connectivity index (χ2n) is 6.82. The Bertz CT molecular complexity index is 983. The normalized spacial score (nSPS) is 20.7. The molecule has 28 heavy (non-hydrogen) atoms. The van der Waals surface area contributed by atoms with E-state index in [2.05, 4.69) is 5.32 Å². The van der Waals surface area contributed by atoms with Crippen LogP contribution in [0.3, 0.4) is 0 Å². The number of carbonyl (C=O) groups excluding carboxylic acids is 4. The minimum Gasteiger partial charge on any atom is -0.433 e. The zero-order valence-electron chi connectivity index (χ0n) is 15.2. The minimum atomic E-state index is -0.894. The van der Waals surface area contributed by atoms with E-state index in [1.54, 1.807) is 48.5 Å². The van der Waals surface area contributed by atoms with E-state index in [9.17, 15) is 19.2 Å². The number of nitrogens with one attached hydrogen (secondary N) is 1. The first-order chi connectivity index (χ1) is 13.5. The lowest BCUT2D eigenvalue weighted by Crippen LogP contribution is -2.43. The van der Waals surface area contributed by atoms with Crippen molar-refractivity contribution in [1.29, 1.82) is 0 Å². The fourth-order valence-electron chi connectivity index (χ4n) is 3.60. The number of benzene rings is 2. The van der Waals surface area contributed by atoms with Crippen LogP contribution in [0.15, 0.2) is 48.5 Å². The molecular weight excluding hydrogens is 360 g/mol. The van der Waals surface area contributed by atoms with E-state index in [4.69, 9.17) is 4.74 Å². The van der Waals surface area contributed by atoms with Crippen LogP contribution < -0.4 is 5.32 Å². The molecule has 1 saturated heterocycles. The predicted octanol–water partition coefficient (Wildman–Crippen LogP) is 2.69. The van der Waals surface area contributed by atoms with E-state index in [0.717, 1.165) is 0 Å². The van der Waals surface area contributed by atoms with Gasteiger partial charge in [-0.1, -0.05) is 18.2 Å². The maximum atomic E-state index is 12.8. The van der Waals surface area contributed by atoms with Crippen molar-refractivity contribution in [2.45, 2.75) is 32.0 Å². The minimum absolute atomic E-state index is 0.0628. The molecule has 0 aromatic heterocycles. The maximum Gasteiger partial charge on any atom is 0.340 e. The molecule has 4 rings (SSSR count). The van der Waals surface area contributed by atoms with Gasteiger partial charge in [0.25, 0.3) is 0 Å². The number of likely N-dealkylation sites (tertiary alicyclic amines) is 1. The Morgan fingerprint density at radius 1 is 1.07 bits per heavy atom. The van der Waals surface area contributed by atoms with E-state index < -0.39 is 18.2 Å². The van der Waals surface area contributed by atoms with Gasteiger partial charge in [0.05, 0.1) is 5.56 Å². The van der Waals surface area contributed by atoms with Crippen LogP contribution in [0.2, 0.25) is 0 Å². The highest BCUT2D eigenvalue weighted by molar-refractivity contribution is 6.01. The molecule has 2 aromatic carbocycles. The van der Waals surface area contributed by atoms with Gasteiger partial charge in [-0.25, -0.2) is 4.79 Å². The third kappa shape index (κ3) is 3.05. The molecule has 7 nitrogen and oxygen atoms in total. The van der Waals surface area contributed by atoms with Crippen molar-refractivity contribution in [1.82, 2.24) is 4.90 Å². The Labute approximate surface area is 161 Å². The first-order valence-corrected chi connectivity index (χ1v) is 8.98. The number of hydrogen-bond acceptors (Lipinski definition) is 5. The summed E-state index contributed by atoms with van der Waals surface area (Å²) in [4.78, 5) is 50.1. The van der Waals surface area contributed by atoms with Crippen LogP contribution in [0.25, 0.3) is 0 Å². The summed E-state index contributed by atoms with van der Waals surface area (Å²) in [6.07, 6.45) is -0.348. The van der Waals surface area contributed by atoms with Crippen molar-refractivity contribution in [3.05, 3.63) is 65.2 Å². The topological polar surface area (TPSA) is 92.8 Å². The van der Waals surface area contributed by atoms with Crippen molar-refractivity contribution in [2.24, 2.45) is 0 Å². The summed E-state index contributed by atoms with van der Waals surface area (Å²) in [7, 11) is 0. The average molecular weight is 378 g/mol. The second kappa shape index (κ2) is 6.92. The summed E-state index contributed by atoms with van der Waals surface area (Å²) in [5, 5.41) is 2.77. The highest BCUT2D eigenvalue weighted by Gasteiger charge is 2.46. The number of cyclic esters (lactones) is 1. The number of fused-ring (bicyclic) bond motifs is 1. The number of amides is 2. The molecule has 0 radical (unpaired) electrons. The summed E-state index contributed by atoms with van der Waals surface area (Å²) in [6, 6.07) is 12.7. The molecule has 2 heterocycles. The van der Waals surface area contributed by atoms with Gasteiger partial charge in [-0.3, -0.25) is 19.3 Å². The Hall–Kier alpha value is -3.48. The number of esters is 1. The zero-order chi connectivity index (χ0) is 19.8. The lowest BCUT2D eigenvalue weighted by molar-refractivity contribution is -0.144. The standard InChI is InChI=1S/C21H18N2O5/c1-12(24)13-6-8-14(9-7-13)22-19(26)17-10-11-18(25)23(17)20-15-4-2-3-5-16(15)21(27)28-20/h2-9,17,20H,10-11H2,1H3,(H,22,26)/t17-,20+/m1/s1. The lowest BCUT2D eigenvalue weighted by atomic mass is 10.1. The molecule has 0 unspecified atom stereocenters. The number of Topliss-reactive ketones (excluding diaryl/α,β-unsaturated/α-hetero) is 1. The van der Waals surface area contributed by atoms with Gasteiger partial charge >= 0.3 is 5.97 Å². The molecule has 1 fully saturated rings. The third-order valence-electron chi connectivity index (χ3n) is 5.04. The van der Waals surface area contributed by atoms with Gasteiger partial charge in [0, 0.05) is 23.2 Å². The fourth-order valence-corrected chi connectivity index (χ4v) is 3.60. The van der Waals surface area contributed by atoms with Crippen LogP contribution in [0, 0.1) is 0 Å². The van der Waals surface area contributed by atoms with Crippen LogP contribution in [0.5, 0.6) is 0 Å². The Morgan fingerprint density at radius 3 is 2.50 bits per heavy atom. The summed E-state index contributed by atoms with van der Waals surface area (Å²) in [5.74, 6) is -1.16. The number of rotatable bonds is 4. The van der Waals surface area contributed by atoms with Crippen LogP contribution in [-0.2, 0) is 14.3 Å². The smallest absolute Gasteiger partial charge is 0.340 e. The molecule has 2 aliphatic rings. The number of ketones is 1. The van der Waals surface area contributed by atoms with Gasteiger partial charge in [-0.2, -0.15) is 0 Å². The van der Waals surface area contributed by atoms with Gasteiger partial charge in [0.2, 0.25) is 18.0 Å². The summed E-state index contributed by atoms with van der Waals surface area (Å²) in [6.45, 7) is 1.47. The molecule has 142 valence electrons. The van der Waals surface area contributed by atoms with Gasteiger partial charge in [-0.15, -0.1) is 0 Å².